The first-order chi connectivity index (χ1) is 12.5. The van der Waals surface area contributed by atoms with Crippen molar-refractivity contribution in [2.45, 2.75) is 38.7 Å². The highest BCUT2D eigenvalue weighted by Crippen LogP contribution is 2.44. The summed E-state index contributed by atoms with van der Waals surface area (Å²) >= 11 is 5.24. The van der Waals surface area contributed by atoms with Gasteiger partial charge in [0, 0.05) is 18.1 Å². The van der Waals surface area contributed by atoms with Crippen LogP contribution in [0, 0.1) is 11.8 Å². The van der Waals surface area contributed by atoms with E-state index in [2.05, 4.69) is 0 Å². The number of ether oxygens (including phenoxy) is 3. The van der Waals surface area contributed by atoms with Gasteiger partial charge in [0.2, 0.25) is 0 Å². The average Bonchev–Trinajstić information content (AvgIpc) is 3.16. The molecule has 1 aromatic carbocycles. The van der Waals surface area contributed by atoms with Crippen LogP contribution in [-0.4, -0.2) is 53.4 Å². The number of para-hydroxylation sites is 1. The van der Waals surface area contributed by atoms with E-state index < -0.39 is 13.1 Å². The van der Waals surface area contributed by atoms with Crippen molar-refractivity contribution in [3.8, 4) is 5.75 Å². The third-order valence-electron chi connectivity index (χ3n) is 5.20. The van der Waals surface area contributed by atoms with E-state index in [0.717, 1.165) is 12.8 Å². The van der Waals surface area contributed by atoms with Gasteiger partial charge >= 0.3 is 18.3 Å². The van der Waals surface area contributed by atoms with Gasteiger partial charge < -0.3 is 24.0 Å². The molecule has 1 saturated heterocycles. The monoisotopic (exact) mass is 377 g/mol. The normalized spacial score (nSPS) is 27.7. The molecule has 3 rings (SSSR count). The first-order valence-electron chi connectivity index (χ1n) is 9.05. The van der Waals surface area contributed by atoms with Crippen LogP contribution in [0.2, 0.25) is 6.82 Å². The number of carbonyl (C=O) groups is 1. The van der Waals surface area contributed by atoms with E-state index in [9.17, 15) is 9.82 Å². The number of rotatable bonds is 5. The minimum absolute atomic E-state index is 0.0880. The molecule has 0 radical (unpaired) electrons. The molecule has 140 valence electrons. The van der Waals surface area contributed by atoms with Crippen LogP contribution in [-0.2, 0) is 14.3 Å². The van der Waals surface area contributed by atoms with Crippen molar-refractivity contribution in [1.82, 2.24) is 4.81 Å². The Balaban J connectivity index is 1.65. The molecule has 8 heteroatoms. The second-order valence-electron chi connectivity index (χ2n) is 6.75. The highest BCUT2D eigenvalue weighted by molar-refractivity contribution is 7.79. The van der Waals surface area contributed by atoms with Gasteiger partial charge in [0.05, 0.1) is 6.61 Å². The molecule has 1 unspecified atom stereocenters. The highest BCUT2D eigenvalue weighted by atomic mass is 32.1. The van der Waals surface area contributed by atoms with Crippen molar-refractivity contribution in [1.29, 1.82) is 0 Å². The molecule has 1 aliphatic carbocycles. The van der Waals surface area contributed by atoms with Crippen LogP contribution >= 0.6 is 12.2 Å². The summed E-state index contributed by atoms with van der Waals surface area (Å²) in [6, 6.07) is 8.83. The minimum Gasteiger partial charge on any atom is -0.465 e. The molecule has 1 saturated carbocycles. The zero-order valence-electron chi connectivity index (χ0n) is 15.0. The summed E-state index contributed by atoms with van der Waals surface area (Å²) in [6.45, 7) is 4.36. The summed E-state index contributed by atoms with van der Waals surface area (Å²) in [5.41, 5.74) is 0. The lowest BCUT2D eigenvalue weighted by atomic mass is 9.83. The summed E-state index contributed by atoms with van der Waals surface area (Å²) in [7, 11) is -0.719. The number of carbonyl (C=O) groups excluding carboxylic acids is 1. The van der Waals surface area contributed by atoms with Gasteiger partial charge in [0.15, 0.2) is 0 Å². The molecule has 2 fully saturated rings. The van der Waals surface area contributed by atoms with Crippen molar-refractivity contribution in [2.24, 2.45) is 11.8 Å². The summed E-state index contributed by atoms with van der Waals surface area (Å²) in [4.78, 5) is 14.2. The third-order valence-corrected chi connectivity index (χ3v) is 5.38. The first kappa shape index (κ1) is 19.1. The maximum absolute atomic E-state index is 12.4. The maximum Gasteiger partial charge on any atom is 0.377 e. The predicted octanol–water partition coefficient (Wildman–Crippen LogP) is 2.12. The molecule has 0 spiro atoms. The fourth-order valence-electron chi connectivity index (χ4n) is 4.11. The lowest BCUT2D eigenvalue weighted by Crippen LogP contribution is -2.47. The third kappa shape index (κ3) is 4.02. The van der Waals surface area contributed by atoms with Crippen molar-refractivity contribution in [3.05, 3.63) is 30.3 Å². The van der Waals surface area contributed by atoms with Crippen molar-refractivity contribution in [3.63, 3.8) is 0 Å². The standard InChI is InChI=1S/C18H24BNO5S/c1-3-23-17(21)16-13-9-10-15(14(13)11-20(16)19(2)22)25-18(26)24-12-7-5-4-6-8-12/h4-8,13-16,22H,3,9-11H2,1-2H3/t13-,14-,15?,16-/m0/s1. The fourth-order valence-corrected chi connectivity index (χ4v) is 4.33. The van der Waals surface area contributed by atoms with Crippen LogP contribution in [0.1, 0.15) is 19.8 Å². The molecule has 1 heterocycles. The van der Waals surface area contributed by atoms with Gasteiger partial charge in [-0.15, -0.1) is 0 Å². The van der Waals surface area contributed by atoms with Crippen LogP contribution in [0.25, 0.3) is 0 Å². The average molecular weight is 377 g/mol. The van der Waals surface area contributed by atoms with Crippen LogP contribution in [0.4, 0.5) is 0 Å². The predicted molar refractivity (Wildman–Crippen MR) is 102 cm³/mol. The van der Waals surface area contributed by atoms with Crippen LogP contribution in [0.3, 0.4) is 0 Å². The molecule has 2 aliphatic rings. The SMILES string of the molecule is CCOC(=O)[C@@H]1[C@H]2CCC(OC(=S)Oc3ccccc3)[C@H]2CN1B(C)O. The Morgan fingerprint density at radius 3 is 2.69 bits per heavy atom. The van der Waals surface area contributed by atoms with Crippen molar-refractivity contribution in [2.75, 3.05) is 13.2 Å². The minimum atomic E-state index is -0.719. The van der Waals surface area contributed by atoms with Gasteiger partial charge in [-0.3, -0.25) is 4.79 Å². The van der Waals surface area contributed by atoms with Gasteiger partial charge in [-0.05, 0) is 51.2 Å². The Kier molecular flexibility index (Phi) is 6.16. The Bertz CT molecular complexity index is 644. The lowest BCUT2D eigenvalue weighted by Gasteiger charge is -2.26. The van der Waals surface area contributed by atoms with E-state index >= 15 is 0 Å². The second-order valence-corrected chi connectivity index (χ2v) is 7.09. The molecule has 6 nitrogen and oxygen atoms in total. The van der Waals surface area contributed by atoms with E-state index in [1.54, 1.807) is 18.6 Å². The van der Waals surface area contributed by atoms with Gasteiger partial charge in [-0.1, -0.05) is 18.2 Å². The molecule has 26 heavy (non-hydrogen) atoms. The summed E-state index contributed by atoms with van der Waals surface area (Å²) in [5.74, 6) is 0.558. The van der Waals surface area contributed by atoms with E-state index in [4.69, 9.17) is 26.4 Å². The molecular formula is C18H24BNO5S. The summed E-state index contributed by atoms with van der Waals surface area (Å²) < 4.78 is 16.7. The zero-order chi connectivity index (χ0) is 18.7. The highest BCUT2D eigenvalue weighted by Gasteiger charge is 2.54. The summed E-state index contributed by atoms with van der Waals surface area (Å²) in [6.07, 6.45) is 1.50. The fraction of sp³-hybridized carbons (Fsp3) is 0.556. The van der Waals surface area contributed by atoms with Gasteiger partial charge in [0.1, 0.15) is 17.9 Å². The number of thiocarbonyl (C=S) groups is 1. The quantitative estimate of drug-likeness (QED) is 0.479. The molecule has 0 bridgehead atoms. The van der Waals surface area contributed by atoms with E-state index in [-0.39, 0.29) is 29.1 Å². The Hall–Kier alpha value is -1.64. The van der Waals surface area contributed by atoms with Crippen LogP contribution in [0.5, 0.6) is 5.75 Å². The Labute approximate surface area is 159 Å². The summed E-state index contributed by atoms with van der Waals surface area (Å²) in [5, 5.41) is 10.2. The zero-order valence-corrected chi connectivity index (χ0v) is 15.9. The molecular weight excluding hydrogens is 353 g/mol. The number of nitrogens with zero attached hydrogens (tertiary/aromatic N) is 1. The topological polar surface area (TPSA) is 68.2 Å². The number of fused-ring (bicyclic) bond motifs is 1. The van der Waals surface area contributed by atoms with Crippen LogP contribution in [0.15, 0.2) is 30.3 Å². The van der Waals surface area contributed by atoms with Crippen LogP contribution < -0.4 is 4.74 Å². The molecule has 1 aromatic rings. The van der Waals surface area contributed by atoms with E-state index in [0.29, 0.717) is 18.9 Å². The largest absolute Gasteiger partial charge is 0.465 e. The molecule has 0 amide bonds. The Morgan fingerprint density at radius 1 is 1.31 bits per heavy atom. The van der Waals surface area contributed by atoms with Crippen molar-refractivity contribution < 1.29 is 24.0 Å². The maximum atomic E-state index is 12.4. The van der Waals surface area contributed by atoms with E-state index in [1.165, 1.54) is 0 Å². The number of esters is 1. The smallest absolute Gasteiger partial charge is 0.377 e. The van der Waals surface area contributed by atoms with E-state index in [1.807, 2.05) is 30.3 Å². The number of hydrogen-bond acceptors (Lipinski definition) is 7. The van der Waals surface area contributed by atoms with Gasteiger partial charge in [-0.2, -0.15) is 0 Å². The van der Waals surface area contributed by atoms with Gasteiger partial charge in [-0.25, -0.2) is 0 Å². The first-order valence-corrected chi connectivity index (χ1v) is 9.46. The van der Waals surface area contributed by atoms with Gasteiger partial charge in [0.25, 0.3) is 0 Å². The molecule has 1 aliphatic heterocycles. The van der Waals surface area contributed by atoms with Crippen molar-refractivity contribution >= 4 is 30.5 Å². The number of benzene rings is 1. The molecule has 4 atom stereocenters. The molecule has 0 aromatic heterocycles. The second kappa shape index (κ2) is 8.37. The lowest BCUT2D eigenvalue weighted by molar-refractivity contribution is -0.148. The Morgan fingerprint density at radius 2 is 2.04 bits per heavy atom. The number of hydrogen-bond donors (Lipinski definition) is 1. The molecule has 1 N–H and O–H groups in total.